The Balaban J connectivity index is 1.46. The highest BCUT2D eigenvalue weighted by atomic mass is 19.1. The number of esters is 1. The quantitative estimate of drug-likeness (QED) is 0.388. The topological polar surface area (TPSA) is 97.7 Å². The maximum absolute atomic E-state index is 13.9. The first-order chi connectivity index (χ1) is 18.4. The zero-order valence-electron chi connectivity index (χ0n) is 21.4. The van der Waals surface area contributed by atoms with Crippen molar-refractivity contribution >= 4 is 23.4 Å². The Morgan fingerprint density at radius 2 is 1.95 bits per heavy atom. The number of piperidine rings is 1. The third-order valence-corrected chi connectivity index (χ3v) is 6.32. The summed E-state index contributed by atoms with van der Waals surface area (Å²) in [7, 11) is 1.79. The van der Waals surface area contributed by atoms with E-state index in [4.69, 9.17) is 9.47 Å². The molecule has 0 saturated carbocycles. The minimum absolute atomic E-state index is 0.144. The van der Waals surface area contributed by atoms with Crippen LogP contribution >= 0.6 is 0 Å². The Labute approximate surface area is 219 Å². The van der Waals surface area contributed by atoms with E-state index in [-0.39, 0.29) is 17.7 Å². The van der Waals surface area contributed by atoms with Crippen molar-refractivity contribution in [2.45, 2.75) is 32.2 Å². The molecule has 2 amide bonds. The van der Waals surface area contributed by atoms with Gasteiger partial charge in [0.15, 0.2) is 0 Å². The van der Waals surface area contributed by atoms with E-state index in [1.54, 1.807) is 43.0 Å². The minimum atomic E-state index is -0.877. The van der Waals surface area contributed by atoms with Gasteiger partial charge in [-0.2, -0.15) is 5.10 Å². The van der Waals surface area contributed by atoms with Crippen LogP contribution in [-0.2, 0) is 16.6 Å². The lowest BCUT2D eigenvalue weighted by Gasteiger charge is -2.33. The van der Waals surface area contributed by atoms with Crippen molar-refractivity contribution < 1.29 is 27.8 Å². The summed E-state index contributed by atoms with van der Waals surface area (Å²) >= 11 is 0. The fourth-order valence-corrected chi connectivity index (χ4v) is 4.48. The van der Waals surface area contributed by atoms with E-state index in [0.29, 0.717) is 42.8 Å². The van der Waals surface area contributed by atoms with Crippen molar-refractivity contribution in [1.29, 1.82) is 0 Å². The molecule has 1 aliphatic rings. The van der Waals surface area contributed by atoms with Gasteiger partial charge in [-0.3, -0.25) is 14.4 Å². The minimum Gasteiger partial charge on any atom is -0.492 e. The maximum atomic E-state index is 13.9. The van der Waals surface area contributed by atoms with Crippen LogP contribution < -0.4 is 15.4 Å². The number of ether oxygens (including phenoxy) is 2. The number of benzene rings is 2. The molecule has 2 heterocycles. The number of amides is 2. The summed E-state index contributed by atoms with van der Waals surface area (Å²) in [5, 5.41) is 9.27. The lowest BCUT2D eigenvalue weighted by molar-refractivity contribution is -0.151. The monoisotopic (exact) mass is 527 g/mol. The molecule has 1 unspecified atom stereocenters. The van der Waals surface area contributed by atoms with Gasteiger partial charge in [0.2, 0.25) is 0 Å². The first-order valence-corrected chi connectivity index (χ1v) is 12.5. The van der Waals surface area contributed by atoms with Crippen LogP contribution in [0.2, 0.25) is 0 Å². The third-order valence-electron chi connectivity index (χ3n) is 6.32. The summed E-state index contributed by atoms with van der Waals surface area (Å²) in [6, 6.07) is 8.90. The van der Waals surface area contributed by atoms with E-state index in [1.165, 1.54) is 0 Å². The van der Waals surface area contributed by atoms with Gasteiger partial charge in [0.05, 0.1) is 18.0 Å². The van der Waals surface area contributed by atoms with Gasteiger partial charge in [-0.05, 0) is 62.7 Å². The molecule has 1 saturated heterocycles. The molecule has 9 nitrogen and oxygen atoms in total. The fourth-order valence-electron chi connectivity index (χ4n) is 4.48. The molecule has 1 fully saturated rings. The van der Waals surface area contributed by atoms with Gasteiger partial charge in [-0.15, -0.1) is 0 Å². The average molecular weight is 528 g/mol. The molecule has 4 rings (SSSR count). The van der Waals surface area contributed by atoms with E-state index >= 15 is 0 Å². The van der Waals surface area contributed by atoms with Crippen LogP contribution in [0.15, 0.2) is 48.7 Å². The standard InChI is InChI=1S/C27H31F2N5O4/c1-3-37-26(35)24-6-4-5-13-34(24)14-15-38-25-10-8-19(17-20(25)23-11-12-30-33(23)2)31-27(36)32-22-9-7-18(28)16-21(22)29/h7-12,16-17,24H,3-6,13-15H2,1-2H3,(H2,31,32,36). The number of halogens is 2. The summed E-state index contributed by atoms with van der Waals surface area (Å²) in [5.74, 6) is -1.23. The zero-order chi connectivity index (χ0) is 27.1. The van der Waals surface area contributed by atoms with Crippen LogP contribution in [0.5, 0.6) is 5.75 Å². The molecule has 3 aromatic rings. The Kier molecular flexibility index (Phi) is 8.90. The van der Waals surface area contributed by atoms with Crippen molar-refractivity contribution in [2.75, 3.05) is 36.9 Å². The first kappa shape index (κ1) is 27.1. The van der Waals surface area contributed by atoms with Gasteiger partial charge in [-0.25, -0.2) is 13.6 Å². The highest BCUT2D eigenvalue weighted by Gasteiger charge is 2.29. The van der Waals surface area contributed by atoms with Crippen molar-refractivity contribution in [3.8, 4) is 17.0 Å². The van der Waals surface area contributed by atoms with E-state index in [1.807, 2.05) is 6.07 Å². The van der Waals surface area contributed by atoms with Crippen LogP contribution in [0, 0.1) is 11.6 Å². The van der Waals surface area contributed by atoms with Gasteiger partial charge in [0.25, 0.3) is 0 Å². The number of likely N-dealkylation sites (tertiary alicyclic amines) is 1. The Morgan fingerprint density at radius 3 is 2.68 bits per heavy atom. The van der Waals surface area contributed by atoms with Crippen LogP contribution in [0.4, 0.5) is 25.0 Å². The van der Waals surface area contributed by atoms with Crippen LogP contribution in [0.25, 0.3) is 11.3 Å². The van der Waals surface area contributed by atoms with E-state index in [0.717, 1.165) is 43.6 Å². The molecule has 0 radical (unpaired) electrons. The van der Waals surface area contributed by atoms with Crippen molar-refractivity contribution in [1.82, 2.24) is 14.7 Å². The Hall–Kier alpha value is -3.99. The lowest BCUT2D eigenvalue weighted by Crippen LogP contribution is -2.47. The molecule has 0 bridgehead atoms. The average Bonchev–Trinajstić information content (AvgIpc) is 3.32. The number of aryl methyl sites for hydroxylation is 1. The molecule has 0 aliphatic carbocycles. The van der Waals surface area contributed by atoms with Gasteiger partial charge in [-0.1, -0.05) is 6.42 Å². The van der Waals surface area contributed by atoms with E-state index in [9.17, 15) is 18.4 Å². The van der Waals surface area contributed by atoms with Gasteiger partial charge in [0.1, 0.15) is 30.0 Å². The number of urea groups is 1. The predicted molar refractivity (Wildman–Crippen MR) is 139 cm³/mol. The van der Waals surface area contributed by atoms with Crippen molar-refractivity contribution in [3.63, 3.8) is 0 Å². The highest BCUT2D eigenvalue weighted by molar-refractivity contribution is 6.00. The SMILES string of the molecule is CCOC(=O)C1CCCCN1CCOc1ccc(NC(=O)Nc2ccc(F)cc2F)cc1-c1ccnn1C. The number of hydrogen-bond donors (Lipinski definition) is 2. The molecule has 2 N–H and O–H groups in total. The summed E-state index contributed by atoms with van der Waals surface area (Å²) < 4.78 is 40.1. The number of aromatic nitrogens is 2. The van der Waals surface area contributed by atoms with E-state index < -0.39 is 17.7 Å². The summed E-state index contributed by atoms with van der Waals surface area (Å²) in [5.41, 5.74) is 1.74. The molecule has 2 aromatic carbocycles. The zero-order valence-corrected chi connectivity index (χ0v) is 21.4. The predicted octanol–water partition coefficient (Wildman–Crippen LogP) is 4.81. The van der Waals surface area contributed by atoms with Crippen LogP contribution in [-0.4, -0.2) is 59.0 Å². The second kappa shape index (κ2) is 12.5. The molecule has 202 valence electrons. The second-order valence-corrected chi connectivity index (χ2v) is 8.90. The van der Waals surface area contributed by atoms with E-state index in [2.05, 4.69) is 20.6 Å². The maximum Gasteiger partial charge on any atom is 0.323 e. The Bertz CT molecular complexity index is 1280. The van der Waals surface area contributed by atoms with Crippen molar-refractivity contribution in [2.24, 2.45) is 7.05 Å². The molecule has 0 spiro atoms. The number of carbonyl (C=O) groups is 2. The molecular weight excluding hydrogens is 496 g/mol. The Morgan fingerprint density at radius 1 is 1.11 bits per heavy atom. The third kappa shape index (κ3) is 6.65. The number of anilines is 2. The smallest absolute Gasteiger partial charge is 0.323 e. The first-order valence-electron chi connectivity index (χ1n) is 12.5. The molecule has 1 atom stereocenters. The number of hydrogen-bond acceptors (Lipinski definition) is 6. The highest BCUT2D eigenvalue weighted by Crippen LogP contribution is 2.33. The second-order valence-electron chi connectivity index (χ2n) is 8.90. The normalized spacial score (nSPS) is 15.6. The number of nitrogens with zero attached hydrogens (tertiary/aromatic N) is 3. The summed E-state index contributed by atoms with van der Waals surface area (Å²) in [6.45, 7) is 3.86. The largest absolute Gasteiger partial charge is 0.492 e. The lowest BCUT2D eigenvalue weighted by atomic mass is 10.0. The molecule has 1 aromatic heterocycles. The number of carbonyl (C=O) groups excluding carboxylic acids is 2. The molecule has 11 heteroatoms. The van der Waals surface area contributed by atoms with Crippen LogP contribution in [0.1, 0.15) is 26.2 Å². The molecular formula is C27H31F2N5O4. The molecule has 1 aliphatic heterocycles. The molecule has 38 heavy (non-hydrogen) atoms. The summed E-state index contributed by atoms with van der Waals surface area (Å²) in [6.07, 6.45) is 4.42. The van der Waals surface area contributed by atoms with Gasteiger partial charge >= 0.3 is 12.0 Å². The van der Waals surface area contributed by atoms with Crippen LogP contribution in [0.3, 0.4) is 0 Å². The number of nitrogens with one attached hydrogen (secondary N) is 2. The fraction of sp³-hybridized carbons (Fsp3) is 0.370. The summed E-state index contributed by atoms with van der Waals surface area (Å²) in [4.78, 5) is 26.9. The van der Waals surface area contributed by atoms with Gasteiger partial charge < -0.3 is 20.1 Å². The van der Waals surface area contributed by atoms with Crippen molar-refractivity contribution in [3.05, 3.63) is 60.3 Å². The number of rotatable bonds is 9. The van der Waals surface area contributed by atoms with Gasteiger partial charge in [0, 0.05) is 37.1 Å².